The van der Waals surface area contributed by atoms with Gasteiger partial charge in [-0.3, -0.25) is 0 Å². The molecule has 0 saturated heterocycles. The summed E-state index contributed by atoms with van der Waals surface area (Å²) in [5, 5.41) is 9.28. The van der Waals surface area contributed by atoms with Crippen molar-refractivity contribution in [1.82, 2.24) is 0 Å². The molecule has 23 heavy (non-hydrogen) atoms. The molecule has 5 nitrogen and oxygen atoms in total. The van der Waals surface area contributed by atoms with Crippen LogP contribution in [-0.2, 0) is 0 Å². The zero-order valence-electron chi connectivity index (χ0n) is 13.3. The summed E-state index contributed by atoms with van der Waals surface area (Å²) < 4.78 is 15.8. The molecule has 0 amide bonds. The Kier molecular flexibility index (Phi) is 5.11. The van der Waals surface area contributed by atoms with Crippen LogP contribution < -0.4 is 19.9 Å². The number of allylic oxidation sites excluding steroid dienone is 1. The number of hydrogen-bond acceptors (Lipinski definition) is 5. The summed E-state index contributed by atoms with van der Waals surface area (Å²) in [5.41, 5.74) is 8.16. The molecule has 0 aromatic heterocycles. The first-order valence-electron chi connectivity index (χ1n) is 6.90. The molecule has 0 aliphatic heterocycles. The predicted molar refractivity (Wildman–Crippen MR) is 88.4 cm³/mol. The Bertz CT molecular complexity index is 754. The second-order valence-electron chi connectivity index (χ2n) is 4.73. The van der Waals surface area contributed by atoms with Gasteiger partial charge in [0.15, 0.2) is 0 Å². The van der Waals surface area contributed by atoms with Gasteiger partial charge in [0.2, 0.25) is 0 Å². The van der Waals surface area contributed by atoms with Crippen LogP contribution in [0, 0.1) is 11.3 Å². The van der Waals surface area contributed by atoms with Crippen LogP contribution in [0.25, 0.3) is 5.57 Å². The first kappa shape index (κ1) is 16.2. The van der Waals surface area contributed by atoms with Crippen LogP contribution in [-0.4, -0.2) is 21.3 Å². The Balaban J connectivity index is 2.68. The summed E-state index contributed by atoms with van der Waals surface area (Å²) >= 11 is 0. The smallest absolute Gasteiger partial charge is 0.123 e. The van der Waals surface area contributed by atoms with Crippen LogP contribution >= 0.6 is 0 Å². The lowest BCUT2D eigenvalue weighted by molar-refractivity contribution is 0.394. The van der Waals surface area contributed by atoms with E-state index in [1.807, 2.05) is 42.5 Å². The number of methoxy groups -OCH3 is 3. The minimum Gasteiger partial charge on any atom is -0.497 e. The fourth-order valence-electron chi connectivity index (χ4n) is 2.26. The van der Waals surface area contributed by atoms with Crippen molar-refractivity contribution in [1.29, 1.82) is 5.26 Å². The monoisotopic (exact) mass is 310 g/mol. The molecule has 5 heteroatoms. The lowest BCUT2D eigenvalue weighted by Crippen LogP contribution is -2.02. The van der Waals surface area contributed by atoms with E-state index in [1.54, 1.807) is 27.4 Å². The third-order valence-corrected chi connectivity index (χ3v) is 3.39. The number of rotatable bonds is 5. The number of benzene rings is 2. The Hall–Kier alpha value is -3.13. The molecule has 0 spiro atoms. The second-order valence-corrected chi connectivity index (χ2v) is 4.73. The largest absolute Gasteiger partial charge is 0.497 e. The second kappa shape index (κ2) is 7.23. The number of nitrogens with zero attached hydrogens (tertiary/aromatic N) is 1. The Morgan fingerprint density at radius 2 is 1.43 bits per heavy atom. The van der Waals surface area contributed by atoms with Gasteiger partial charge in [-0.2, -0.15) is 5.26 Å². The molecule has 0 unspecified atom stereocenters. The van der Waals surface area contributed by atoms with Crippen LogP contribution in [0.1, 0.15) is 11.1 Å². The first-order chi connectivity index (χ1) is 11.1. The van der Waals surface area contributed by atoms with Gasteiger partial charge in [0.05, 0.1) is 21.3 Å². The van der Waals surface area contributed by atoms with E-state index in [1.165, 1.54) is 0 Å². The van der Waals surface area contributed by atoms with Gasteiger partial charge in [0, 0.05) is 11.6 Å². The molecule has 0 saturated carbocycles. The van der Waals surface area contributed by atoms with E-state index in [9.17, 15) is 5.26 Å². The van der Waals surface area contributed by atoms with Crippen molar-refractivity contribution >= 4 is 5.57 Å². The van der Waals surface area contributed by atoms with E-state index >= 15 is 0 Å². The zero-order valence-corrected chi connectivity index (χ0v) is 13.3. The predicted octanol–water partition coefficient (Wildman–Crippen LogP) is 2.95. The van der Waals surface area contributed by atoms with Crippen molar-refractivity contribution < 1.29 is 14.2 Å². The molecule has 0 aliphatic carbocycles. The highest BCUT2D eigenvalue weighted by Crippen LogP contribution is 2.33. The van der Waals surface area contributed by atoms with Crippen LogP contribution in [0.3, 0.4) is 0 Å². The molecular weight excluding hydrogens is 292 g/mol. The average molecular weight is 310 g/mol. The quantitative estimate of drug-likeness (QED) is 0.859. The molecule has 2 aromatic rings. The summed E-state index contributed by atoms with van der Waals surface area (Å²) in [4.78, 5) is 0. The molecule has 0 fully saturated rings. The Morgan fingerprint density at radius 1 is 0.870 bits per heavy atom. The molecule has 2 N–H and O–H groups in total. The van der Waals surface area contributed by atoms with Crippen LogP contribution in [0.2, 0.25) is 0 Å². The maximum absolute atomic E-state index is 9.28. The fraction of sp³-hybridized carbons (Fsp3) is 0.167. The van der Waals surface area contributed by atoms with Gasteiger partial charge >= 0.3 is 0 Å². The minimum absolute atomic E-state index is 0.105. The van der Waals surface area contributed by atoms with Crippen LogP contribution in [0.4, 0.5) is 0 Å². The lowest BCUT2D eigenvalue weighted by Gasteiger charge is -2.13. The van der Waals surface area contributed by atoms with Crippen molar-refractivity contribution in [3.8, 4) is 23.3 Å². The molecule has 2 aromatic carbocycles. The number of ether oxygens (including phenoxy) is 3. The number of nitriles is 1. The summed E-state index contributed by atoms with van der Waals surface area (Å²) in [6.45, 7) is 0. The van der Waals surface area contributed by atoms with Crippen LogP contribution in [0.5, 0.6) is 17.2 Å². The van der Waals surface area contributed by atoms with Gasteiger partial charge in [-0.25, -0.2) is 0 Å². The van der Waals surface area contributed by atoms with E-state index in [2.05, 4.69) is 0 Å². The molecule has 0 aliphatic rings. The molecule has 118 valence electrons. The maximum Gasteiger partial charge on any atom is 0.123 e. The maximum atomic E-state index is 9.28. The van der Waals surface area contributed by atoms with Gasteiger partial charge in [0.25, 0.3) is 0 Å². The third kappa shape index (κ3) is 3.55. The topological polar surface area (TPSA) is 77.5 Å². The highest BCUT2D eigenvalue weighted by Gasteiger charge is 2.13. The van der Waals surface area contributed by atoms with Crippen molar-refractivity contribution in [3.05, 3.63) is 59.3 Å². The van der Waals surface area contributed by atoms with Gasteiger partial charge in [-0.05, 0) is 35.4 Å². The number of hydrogen-bond donors (Lipinski definition) is 1. The lowest BCUT2D eigenvalue weighted by atomic mass is 9.95. The standard InChI is InChI=1S/C18H18N2O3/c1-21-14-6-4-5-12(7-14)18(17(20)11-19)13-8-15(22-2)10-16(9-13)23-3/h4-10H,20H2,1-3H3/b18-17+. The van der Waals surface area contributed by atoms with Gasteiger partial charge in [-0.1, -0.05) is 12.1 Å². The van der Waals surface area contributed by atoms with E-state index in [4.69, 9.17) is 19.9 Å². The summed E-state index contributed by atoms with van der Waals surface area (Å²) in [7, 11) is 4.73. The van der Waals surface area contributed by atoms with E-state index in [-0.39, 0.29) is 5.70 Å². The molecule has 0 bridgehead atoms. The zero-order chi connectivity index (χ0) is 16.8. The SMILES string of the molecule is COc1cccc(/C(=C(\N)C#N)c2cc(OC)cc(OC)c2)c1. The van der Waals surface area contributed by atoms with Crippen molar-refractivity contribution in [2.24, 2.45) is 5.73 Å². The summed E-state index contributed by atoms with van der Waals surface area (Å²) in [6.07, 6.45) is 0. The average Bonchev–Trinajstić information content (AvgIpc) is 2.61. The highest BCUT2D eigenvalue weighted by atomic mass is 16.5. The Labute approximate surface area is 135 Å². The van der Waals surface area contributed by atoms with Gasteiger partial charge in [0.1, 0.15) is 29.0 Å². The Morgan fingerprint density at radius 3 is 1.96 bits per heavy atom. The molecule has 0 heterocycles. The number of nitrogens with two attached hydrogens (primary N) is 1. The van der Waals surface area contributed by atoms with Gasteiger partial charge < -0.3 is 19.9 Å². The molecule has 0 atom stereocenters. The van der Waals surface area contributed by atoms with E-state index in [0.717, 1.165) is 11.1 Å². The summed E-state index contributed by atoms with van der Waals surface area (Å²) in [6, 6.07) is 14.7. The van der Waals surface area contributed by atoms with Crippen LogP contribution in [0.15, 0.2) is 48.2 Å². The van der Waals surface area contributed by atoms with E-state index in [0.29, 0.717) is 22.8 Å². The molecule has 2 rings (SSSR count). The van der Waals surface area contributed by atoms with Crippen molar-refractivity contribution in [3.63, 3.8) is 0 Å². The normalized spacial score (nSPS) is 11.2. The van der Waals surface area contributed by atoms with E-state index < -0.39 is 0 Å². The first-order valence-corrected chi connectivity index (χ1v) is 6.90. The van der Waals surface area contributed by atoms with Crippen molar-refractivity contribution in [2.45, 2.75) is 0 Å². The third-order valence-electron chi connectivity index (χ3n) is 3.39. The molecule has 0 radical (unpaired) electrons. The molecular formula is C18H18N2O3. The highest BCUT2D eigenvalue weighted by molar-refractivity contribution is 5.85. The minimum atomic E-state index is 0.105. The van der Waals surface area contributed by atoms with Gasteiger partial charge in [-0.15, -0.1) is 0 Å². The summed E-state index contributed by atoms with van der Waals surface area (Å²) in [5.74, 6) is 1.91. The van der Waals surface area contributed by atoms with Crippen molar-refractivity contribution in [2.75, 3.05) is 21.3 Å². The fourth-order valence-corrected chi connectivity index (χ4v) is 2.26.